The van der Waals surface area contributed by atoms with E-state index in [1.54, 1.807) is 38.1 Å². The molecule has 26 heavy (non-hydrogen) atoms. The van der Waals surface area contributed by atoms with Crippen molar-refractivity contribution >= 4 is 5.97 Å². The van der Waals surface area contributed by atoms with Crippen LogP contribution in [-0.4, -0.2) is 24.3 Å². The Balaban J connectivity index is 2.47. The number of aliphatic hydroxyl groups is 1. The van der Waals surface area contributed by atoms with E-state index in [1.807, 2.05) is 6.07 Å². The number of rotatable bonds is 4. The van der Waals surface area contributed by atoms with Crippen LogP contribution < -0.4 is 5.73 Å². The molecule has 0 aromatic heterocycles. The third-order valence-electron chi connectivity index (χ3n) is 3.81. The van der Waals surface area contributed by atoms with Gasteiger partial charge in [-0.2, -0.15) is 5.26 Å². The second-order valence-electron chi connectivity index (χ2n) is 5.51. The Kier molecular flexibility index (Phi) is 6.43. The van der Waals surface area contributed by atoms with Gasteiger partial charge in [0, 0.05) is 12.0 Å². The van der Waals surface area contributed by atoms with Gasteiger partial charge in [-0.05, 0) is 31.5 Å². The van der Waals surface area contributed by atoms with E-state index >= 15 is 0 Å². The molecule has 6 heteroatoms. The largest absolute Gasteiger partial charge is 0.463 e. The van der Waals surface area contributed by atoms with E-state index < -0.39 is 11.9 Å². The summed E-state index contributed by atoms with van der Waals surface area (Å²) in [7, 11) is 0. The first-order valence-corrected chi connectivity index (χ1v) is 8.18. The Morgan fingerprint density at radius 3 is 2.65 bits per heavy atom. The Morgan fingerprint density at radius 1 is 1.38 bits per heavy atom. The predicted molar refractivity (Wildman–Crippen MR) is 95.0 cm³/mol. The second kappa shape index (κ2) is 8.75. The molecular formula is C20H20N2O4. The first-order valence-electron chi connectivity index (χ1n) is 8.18. The fourth-order valence-corrected chi connectivity index (χ4v) is 2.67. The Labute approximate surface area is 152 Å². The van der Waals surface area contributed by atoms with Gasteiger partial charge in [0.15, 0.2) is 0 Å². The summed E-state index contributed by atoms with van der Waals surface area (Å²) in [4.78, 5) is 12.4. The number of ether oxygens (including phenoxy) is 2. The molecule has 1 aromatic rings. The van der Waals surface area contributed by atoms with Crippen LogP contribution in [0.5, 0.6) is 0 Å². The highest BCUT2D eigenvalue weighted by Gasteiger charge is 2.36. The zero-order chi connectivity index (χ0) is 19.1. The molecule has 0 saturated heterocycles. The second-order valence-corrected chi connectivity index (χ2v) is 5.51. The molecule has 3 N–H and O–H groups in total. The zero-order valence-electron chi connectivity index (χ0n) is 14.7. The molecule has 1 unspecified atom stereocenters. The molecule has 1 aliphatic heterocycles. The lowest BCUT2D eigenvalue weighted by molar-refractivity contribution is -0.139. The first-order chi connectivity index (χ1) is 12.5. The van der Waals surface area contributed by atoms with Gasteiger partial charge in [0.1, 0.15) is 17.4 Å². The van der Waals surface area contributed by atoms with Crippen molar-refractivity contribution in [1.82, 2.24) is 0 Å². The summed E-state index contributed by atoms with van der Waals surface area (Å²) in [6.07, 6.45) is 0.397. The highest BCUT2D eigenvalue weighted by Crippen LogP contribution is 2.39. The molecule has 1 heterocycles. The van der Waals surface area contributed by atoms with Gasteiger partial charge in [-0.1, -0.05) is 24.0 Å². The quantitative estimate of drug-likeness (QED) is 0.635. The van der Waals surface area contributed by atoms with Crippen molar-refractivity contribution in [3.05, 3.63) is 58.2 Å². The van der Waals surface area contributed by atoms with Gasteiger partial charge in [-0.15, -0.1) is 0 Å². The van der Waals surface area contributed by atoms with E-state index in [0.29, 0.717) is 17.7 Å². The van der Waals surface area contributed by atoms with Crippen LogP contribution in [0, 0.1) is 23.2 Å². The molecule has 0 radical (unpaired) electrons. The van der Waals surface area contributed by atoms with Gasteiger partial charge >= 0.3 is 5.97 Å². The topological polar surface area (TPSA) is 106 Å². The smallest absolute Gasteiger partial charge is 0.338 e. The number of aliphatic hydroxyl groups excluding tert-OH is 1. The van der Waals surface area contributed by atoms with E-state index in [1.165, 1.54) is 0 Å². The van der Waals surface area contributed by atoms with Gasteiger partial charge in [-0.25, -0.2) is 4.79 Å². The normalized spacial score (nSPS) is 16.3. The van der Waals surface area contributed by atoms with E-state index in [2.05, 4.69) is 11.8 Å². The number of allylic oxidation sites excluding steroid dienone is 2. The van der Waals surface area contributed by atoms with Crippen LogP contribution in [0.25, 0.3) is 0 Å². The van der Waals surface area contributed by atoms with Crippen LogP contribution in [0.15, 0.2) is 47.1 Å². The molecule has 134 valence electrons. The van der Waals surface area contributed by atoms with E-state index in [0.717, 1.165) is 5.56 Å². The number of hydrogen-bond acceptors (Lipinski definition) is 6. The summed E-state index contributed by atoms with van der Waals surface area (Å²) < 4.78 is 10.5. The van der Waals surface area contributed by atoms with Crippen molar-refractivity contribution in [2.75, 3.05) is 13.2 Å². The summed E-state index contributed by atoms with van der Waals surface area (Å²) in [6.45, 7) is 3.55. The Hall–Kier alpha value is -3.22. The maximum atomic E-state index is 12.4. The number of carbonyl (C=O) groups excluding carboxylic acids is 1. The van der Waals surface area contributed by atoms with E-state index in [9.17, 15) is 10.1 Å². The van der Waals surface area contributed by atoms with Crippen LogP contribution in [0.2, 0.25) is 0 Å². The lowest BCUT2D eigenvalue weighted by Crippen LogP contribution is -2.25. The van der Waals surface area contributed by atoms with Crippen LogP contribution >= 0.6 is 0 Å². The van der Waals surface area contributed by atoms with Gasteiger partial charge < -0.3 is 20.3 Å². The molecule has 0 amide bonds. The number of carbonyl (C=O) groups is 1. The molecule has 0 aliphatic carbocycles. The number of benzene rings is 1. The number of hydrogen-bond donors (Lipinski definition) is 2. The van der Waals surface area contributed by atoms with Crippen LogP contribution in [0.3, 0.4) is 0 Å². The van der Waals surface area contributed by atoms with Gasteiger partial charge in [-0.3, -0.25) is 0 Å². The molecule has 0 saturated carbocycles. The van der Waals surface area contributed by atoms with Crippen molar-refractivity contribution in [2.45, 2.75) is 26.2 Å². The van der Waals surface area contributed by atoms with Gasteiger partial charge in [0.05, 0.1) is 24.7 Å². The monoisotopic (exact) mass is 352 g/mol. The van der Waals surface area contributed by atoms with Crippen molar-refractivity contribution in [3.8, 4) is 17.9 Å². The van der Waals surface area contributed by atoms with Gasteiger partial charge in [0.25, 0.3) is 0 Å². The van der Waals surface area contributed by atoms with Gasteiger partial charge in [0.2, 0.25) is 5.88 Å². The van der Waals surface area contributed by atoms with Crippen molar-refractivity contribution in [2.24, 2.45) is 5.73 Å². The maximum Gasteiger partial charge on any atom is 0.338 e. The fourth-order valence-electron chi connectivity index (χ4n) is 2.67. The maximum absolute atomic E-state index is 12.4. The number of nitrogens with two attached hydrogens (primary N) is 1. The molecule has 1 atom stereocenters. The third-order valence-corrected chi connectivity index (χ3v) is 3.81. The lowest BCUT2D eigenvalue weighted by Gasteiger charge is -2.26. The number of nitriles is 1. The van der Waals surface area contributed by atoms with Crippen molar-refractivity contribution in [3.63, 3.8) is 0 Å². The van der Waals surface area contributed by atoms with Crippen LogP contribution in [0.4, 0.5) is 0 Å². The predicted octanol–water partition coefficient (Wildman–Crippen LogP) is 2.07. The number of esters is 1. The molecular weight excluding hydrogens is 332 g/mol. The molecule has 6 nitrogen and oxygen atoms in total. The SMILES string of the molecule is CCOC(=O)C1=C(C)OC(N)=C(C#N)C1c1ccc(C#CCCO)cc1. The third kappa shape index (κ3) is 4.05. The number of nitrogens with zero attached hydrogens (tertiary/aromatic N) is 1. The van der Waals surface area contributed by atoms with Crippen molar-refractivity contribution in [1.29, 1.82) is 5.26 Å². The van der Waals surface area contributed by atoms with E-state index in [-0.39, 0.29) is 30.2 Å². The Morgan fingerprint density at radius 2 is 2.08 bits per heavy atom. The minimum absolute atomic E-state index is 0.00965. The molecule has 0 bridgehead atoms. The summed E-state index contributed by atoms with van der Waals surface area (Å²) in [6, 6.07) is 9.19. The minimum atomic E-state index is -0.660. The fraction of sp³-hybridized carbons (Fsp3) is 0.300. The molecule has 2 rings (SSSR count). The molecule has 0 fully saturated rings. The summed E-state index contributed by atoms with van der Waals surface area (Å²) in [5.41, 5.74) is 7.76. The highest BCUT2D eigenvalue weighted by atomic mass is 16.5. The molecule has 1 aliphatic rings. The summed E-state index contributed by atoms with van der Waals surface area (Å²) in [5.74, 6) is 4.87. The Bertz CT molecular complexity index is 849. The standard InChI is InChI=1S/C20H20N2O4/c1-3-25-20(24)17-13(2)26-19(22)16(12-21)18(17)15-9-7-14(8-10-15)6-4-5-11-23/h7-10,18,23H,3,5,11,22H2,1-2H3. The zero-order valence-corrected chi connectivity index (χ0v) is 14.7. The summed E-state index contributed by atoms with van der Waals surface area (Å²) >= 11 is 0. The highest BCUT2D eigenvalue weighted by molar-refractivity contribution is 5.92. The van der Waals surface area contributed by atoms with E-state index in [4.69, 9.17) is 20.3 Å². The van der Waals surface area contributed by atoms with Crippen LogP contribution in [-0.2, 0) is 14.3 Å². The van der Waals surface area contributed by atoms with Crippen LogP contribution in [0.1, 0.15) is 37.3 Å². The average Bonchev–Trinajstić information content (AvgIpc) is 2.62. The minimum Gasteiger partial charge on any atom is -0.463 e. The first kappa shape index (κ1) is 19.1. The van der Waals surface area contributed by atoms with Crippen molar-refractivity contribution < 1.29 is 19.4 Å². The molecule has 1 aromatic carbocycles. The average molecular weight is 352 g/mol. The summed E-state index contributed by atoms with van der Waals surface area (Å²) in [5, 5.41) is 18.3. The molecule has 0 spiro atoms. The lowest BCUT2D eigenvalue weighted by atomic mass is 9.83.